The summed E-state index contributed by atoms with van der Waals surface area (Å²) in [6.07, 6.45) is 2.18. The molecule has 0 atom stereocenters. The first-order valence-electron chi connectivity index (χ1n) is 7.82. The first-order chi connectivity index (χ1) is 10.1. The van der Waals surface area contributed by atoms with E-state index in [0.29, 0.717) is 5.75 Å². The van der Waals surface area contributed by atoms with E-state index in [1.807, 2.05) is 0 Å². The number of hydrogen-bond donors (Lipinski definition) is 1. The minimum absolute atomic E-state index is 0.322. The van der Waals surface area contributed by atoms with Crippen molar-refractivity contribution in [3.63, 3.8) is 0 Å². The van der Waals surface area contributed by atoms with Gasteiger partial charge in [-0.15, -0.1) is 0 Å². The van der Waals surface area contributed by atoms with Gasteiger partial charge in [-0.3, -0.25) is 0 Å². The van der Waals surface area contributed by atoms with Gasteiger partial charge in [0.2, 0.25) is 0 Å². The molecule has 4 heteroatoms. The lowest BCUT2D eigenvalue weighted by Crippen LogP contribution is -2.41. The van der Waals surface area contributed by atoms with Crippen LogP contribution in [0.5, 0.6) is 0 Å². The van der Waals surface area contributed by atoms with Gasteiger partial charge >= 0.3 is 7.12 Å². The Balaban J connectivity index is 2.38. The van der Waals surface area contributed by atoms with Crippen molar-refractivity contribution in [1.29, 1.82) is 0 Å². The van der Waals surface area contributed by atoms with Crippen LogP contribution in [0.3, 0.4) is 0 Å². The SMILES string of the molecule is Cc1cc(C)c(C=C(CS)B2OC(C)(C)C(C)(C)O2)c(C)c1. The molecule has 1 aliphatic heterocycles. The summed E-state index contributed by atoms with van der Waals surface area (Å²) >= 11 is 4.49. The molecule has 1 aromatic carbocycles. The maximum atomic E-state index is 6.15. The molecule has 0 amide bonds. The van der Waals surface area contributed by atoms with Crippen molar-refractivity contribution in [2.24, 2.45) is 0 Å². The largest absolute Gasteiger partial charge is 0.491 e. The molecule has 0 radical (unpaired) electrons. The lowest BCUT2D eigenvalue weighted by Gasteiger charge is -2.32. The van der Waals surface area contributed by atoms with E-state index in [0.717, 1.165) is 5.47 Å². The van der Waals surface area contributed by atoms with Gasteiger partial charge in [0, 0.05) is 5.75 Å². The second-order valence-corrected chi connectivity index (χ2v) is 7.59. The summed E-state index contributed by atoms with van der Waals surface area (Å²) in [7, 11) is -0.331. The van der Waals surface area contributed by atoms with E-state index < -0.39 is 0 Å². The van der Waals surface area contributed by atoms with Gasteiger partial charge in [0.05, 0.1) is 11.2 Å². The fourth-order valence-electron chi connectivity index (χ4n) is 2.79. The summed E-state index contributed by atoms with van der Waals surface area (Å²) in [6, 6.07) is 4.42. The molecule has 2 rings (SSSR count). The second kappa shape index (κ2) is 6.07. The van der Waals surface area contributed by atoms with Gasteiger partial charge in [0.25, 0.3) is 0 Å². The molecular formula is C18H27BO2S. The smallest absolute Gasteiger partial charge is 0.400 e. The van der Waals surface area contributed by atoms with Crippen LogP contribution in [0.4, 0.5) is 0 Å². The Bertz CT molecular complexity index is 566. The van der Waals surface area contributed by atoms with Gasteiger partial charge in [0.1, 0.15) is 0 Å². The van der Waals surface area contributed by atoms with E-state index in [1.54, 1.807) is 0 Å². The van der Waals surface area contributed by atoms with Crippen LogP contribution in [0.15, 0.2) is 17.6 Å². The topological polar surface area (TPSA) is 18.5 Å². The second-order valence-electron chi connectivity index (χ2n) is 7.28. The molecule has 0 saturated carbocycles. The highest BCUT2D eigenvalue weighted by Crippen LogP contribution is 2.39. The fraction of sp³-hybridized carbons (Fsp3) is 0.556. The van der Waals surface area contributed by atoms with Crippen LogP contribution < -0.4 is 0 Å². The number of aryl methyl sites for hydroxylation is 3. The third kappa shape index (κ3) is 3.29. The first kappa shape index (κ1) is 17.6. The minimum atomic E-state index is -0.331. The first-order valence-corrected chi connectivity index (χ1v) is 8.45. The minimum Gasteiger partial charge on any atom is -0.400 e. The van der Waals surface area contributed by atoms with Crippen LogP contribution in [0, 0.1) is 20.8 Å². The van der Waals surface area contributed by atoms with Crippen LogP contribution in [-0.2, 0) is 9.31 Å². The van der Waals surface area contributed by atoms with Gasteiger partial charge in [0.15, 0.2) is 0 Å². The molecular weight excluding hydrogens is 291 g/mol. The molecule has 2 nitrogen and oxygen atoms in total. The van der Waals surface area contributed by atoms with Crippen molar-refractivity contribution in [2.45, 2.75) is 59.7 Å². The summed E-state index contributed by atoms with van der Waals surface area (Å²) in [5.41, 5.74) is 5.49. The summed E-state index contributed by atoms with van der Waals surface area (Å²) in [5.74, 6) is 0.615. The zero-order chi connectivity index (χ0) is 16.7. The Morgan fingerprint density at radius 2 is 1.50 bits per heavy atom. The van der Waals surface area contributed by atoms with E-state index in [-0.39, 0.29) is 18.3 Å². The molecule has 0 aliphatic carbocycles. The highest BCUT2D eigenvalue weighted by Gasteiger charge is 2.52. The highest BCUT2D eigenvalue weighted by molar-refractivity contribution is 7.80. The molecule has 1 aromatic rings. The number of thiol groups is 1. The standard InChI is InChI=1S/C18H27BO2S/c1-12-8-13(2)16(14(3)9-12)10-15(11-22)19-20-17(4,5)18(6,7)21-19/h8-10,22H,11H2,1-7H3. The molecule has 1 heterocycles. The average Bonchev–Trinajstić information content (AvgIpc) is 2.57. The lowest BCUT2D eigenvalue weighted by atomic mass is 9.77. The van der Waals surface area contributed by atoms with E-state index in [1.165, 1.54) is 22.3 Å². The van der Waals surface area contributed by atoms with E-state index in [9.17, 15) is 0 Å². The Morgan fingerprint density at radius 3 is 1.91 bits per heavy atom. The third-order valence-corrected chi connectivity index (χ3v) is 5.17. The van der Waals surface area contributed by atoms with Gasteiger partial charge < -0.3 is 9.31 Å². The van der Waals surface area contributed by atoms with Crippen molar-refractivity contribution in [3.8, 4) is 0 Å². The highest BCUT2D eigenvalue weighted by atomic mass is 32.1. The van der Waals surface area contributed by atoms with E-state index >= 15 is 0 Å². The predicted molar refractivity (Wildman–Crippen MR) is 98.6 cm³/mol. The Labute approximate surface area is 140 Å². The predicted octanol–water partition coefficient (Wildman–Crippen LogP) is 4.56. The fourth-order valence-corrected chi connectivity index (χ4v) is 3.03. The van der Waals surface area contributed by atoms with Crippen molar-refractivity contribution in [3.05, 3.63) is 39.9 Å². The van der Waals surface area contributed by atoms with Gasteiger partial charge in [-0.05, 0) is 70.6 Å². The van der Waals surface area contributed by atoms with Crippen LogP contribution >= 0.6 is 12.6 Å². The summed E-state index contributed by atoms with van der Waals surface area (Å²) < 4.78 is 12.3. The van der Waals surface area contributed by atoms with Crippen molar-refractivity contribution >= 4 is 25.8 Å². The molecule has 0 unspecified atom stereocenters. The third-order valence-electron chi connectivity index (χ3n) is 4.81. The summed E-state index contributed by atoms with van der Waals surface area (Å²) in [6.45, 7) is 14.7. The zero-order valence-electron chi connectivity index (χ0n) is 14.8. The average molecular weight is 318 g/mol. The Kier molecular flexibility index (Phi) is 4.86. The lowest BCUT2D eigenvalue weighted by molar-refractivity contribution is 0.00578. The summed E-state index contributed by atoms with van der Waals surface area (Å²) in [5, 5.41) is 0. The molecule has 0 bridgehead atoms. The number of rotatable bonds is 3. The monoisotopic (exact) mass is 318 g/mol. The van der Waals surface area contributed by atoms with Crippen LogP contribution in [0.2, 0.25) is 0 Å². The normalized spacial score (nSPS) is 20.5. The van der Waals surface area contributed by atoms with Crippen molar-refractivity contribution in [2.75, 3.05) is 5.75 Å². The molecule has 120 valence electrons. The maximum Gasteiger partial charge on any atom is 0.491 e. The van der Waals surface area contributed by atoms with E-state index in [4.69, 9.17) is 9.31 Å². The molecule has 0 N–H and O–H groups in total. The number of benzene rings is 1. The van der Waals surface area contributed by atoms with Gasteiger partial charge in [-0.2, -0.15) is 12.6 Å². The maximum absolute atomic E-state index is 6.15. The zero-order valence-corrected chi connectivity index (χ0v) is 15.7. The molecule has 1 aliphatic rings. The Morgan fingerprint density at radius 1 is 1.05 bits per heavy atom. The Hall–Kier alpha value is -0.705. The van der Waals surface area contributed by atoms with Crippen molar-refractivity contribution < 1.29 is 9.31 Å². The number of hydrogen-bond acceptors (Lipinski definition) is 3. The summed E-state index contributed by atoms with van der Waals surface area (Å²) in [4.78, 5) is 0. The van der Waals surface area contributed by atoms with Crippen LogP contribution in [0.1, 0.15) is 49.9 Å². The molecule has 0 aromatic heterocycles. The van der Waals surface area contributed by atoms with Crippen LogP contribution in [0.25, 0.3) is 6.08 Å². The molecule has 0 spiro atoms. The van der Waals surface area contributed by atoms with Crippen molar-refractivity contribution in [1.82, 2.24) is 0 Å². The van der Waals surface area contributed by atoms with Crippen LogP contribution in [-0.4, -0.2) is 24.1 Å². The van der Waals surface area contributed by atoms with Gasteiger partial charge in [-0.1, -0.05) is 23.8 Å². The molecule has 1 fully saturated rings. The van der Waals surface area contributed by atoms with Gasteiger partial charge in [-0.25, -0.2) is 0 Å². The van der Waals surface area contributed by atoms with E-state index in [2.05, 4.69) is 79.3 Å². The molecule has 22 heavy (non-hydrogen) atoms. The molecule has 1 saturated heterocycles. The quantitative estimate of drug-likeness (QED) is 0.651.